The SMILES string of the molecule is CCC(=O)CN(C(=O)OC(C)(C)C)C1CCCC1. The molecule has 0 aromatic rings. The monoisotopic (exact) mass is 255 g/mol. The number of ketones is 1. The molecule has 1 aliphatic rings. The number of carbonyl (C=O) groups excluding carboxylic acids is 2. The van der Waals surface area contributed by atoms with E-state index in [1.165, 1.54) is 0 Å². The van der Waals surface area contributed by atoms with Crippen molar-refractivity contribution in [3.63, 3.8) is 0 Å². The number of carbonyl (C=O) groups is 2. The van der Waals surface area contributed by atoms with Crippen LogP contribution >= 0.6 is 0 Å². The third kappa shape index (κ3) is 4.67. The Kier molecular flexibility index (Phi) is 5.17. The van der Waals surface area contributed by atoms with Gasteiger partial charge >= 0.3 is 6.09 Å². The first-order valence-electron chi connectivity index (χ1n) is 6.85. The Morgan fingerprint density at radius 1 is 1.22 bits per heavy atom. The molecule has 0 aromatic heterocycles. The van der Waals surface area contributed by atoms with Gasteiger partial charge in [-0.25, -0.2) is 4.79 Å². The molecule has 4 heteroatoms. The Bertz CT molecular complexity index is 301. The van der Waals surface area contributed by atoms with Gasteiger partial charge in [-0.1, -0.05) is 19.8 Å². The first-order chi connectivity index (χ1) is 8.33. The molecule has 0 saturated heterocycles. The Hall–Kier alpha value is -1.06. The highest BCUT2D eigenvalue weighted by atomic mass is 16.6. The largest absolute Gasteiger partial charge is 0.444 e. The number of ether oxygens (including phenoxy) is 1. The smallest absolute Gasteiger partial charge is 0.410 e. The summed E-state index contributed by atoms with van der Waals surface area (Å²) in [7, 11) is 0. The summed E-state index contributed by atoms with van der Waals surface area (Å²) in [4.78, 5) is 25.4. The van der Waals surface area contributed by atoms with Gasteiger partial charge in [-0.15, -0.1) is 0 Å². The highest BCUT2D eigenvalue weighted by molar-refractivity contribution is 5.84. The fourth-order valence-corrected chi connectivity index (χ4v) is 2.18. The predicted octanol–water partition coefficient (Wildman–Crippen LogP) is 3.15. The lowest BCUT2D eigenvalue weighted by atomic mass is 10.2. The maximum atomic E-state index is 12.1. The Morgan fingerprint density at radius 3 is 2.22 bits per heavy atom. The molecule has 0 spiro atoms. The molecule has 1 aliphatic carbocycles. The second kappa shape index (κ2) is 6.21. The van der Waals surface area contributed by atoms with Crippen molar-refractivity contribution in [1.82, 2.24) is 4.90 Å². The summed E-state index contributed by atoms with van der Waals surface area (Å²) in [6.45, 7) is 7.55. The van der Waals surface area contributed by atoms with Gasteiger partial charge in [0.05, 0.1) is 6.54 Å². The van der Waals surface area contributed by atoms with E-state index in [-0.39, 0.29) is 24.5 Å². The zero-order valence-electron chi connectivity index (χ0n) is 12.0. The molecule has 0 N–H and O–H groups in total. The summed E-state index contributed by atoms with van der Waals surface area (Å²) in [5.74, 6) is 0.0905. The van der Waals surface area contributed by atoms with Gasteiger partial charge in [-0.3, -0.25) is 9.69 Å². The van der Waals surface area contributed by atoms with Gasteiger partial charge in [-0.2, -0.15) is 0 Å². The van der Waals surface area contributed by atoms with E-state index in [0.717, 1.165) is 25.7 Å². The number of hydrogen-bond donors (Lipinski definition) is 0. The standard InChI is InChI=1S/C14H25NO3/c1-5-12(16)10-15(11-8-6-7-9-11)13(17)18-14(2,3)4/h11H,5-10H2,1-4H3. The van der Waals surface area contributed by atoms with Crippen molar-refractivity contribution in [1.29, 1.82) is 0 Å². The molecule has 1 saturated carbocycles. The summed E-state index contributed by atoms with van der Waals surface area (Å²) < 4.78 is 5.39. The van der Waals surface area contributed by atoms with E-state index in [4.69, 9.17) is 4.74 Å². The van der Waals surface area contributed by atoms with Crippen LogP contribution in [0.3, 0.4) is 0 Å². The number of amides is 1. The third-order valence-corrected chi connectivity index (χ3v) is 3.13. The average Bonchev–Trinajstić information content (AvgIpc) is 2.75. The third-order valence-electron chi connectivity index (χ3n) is 3.13. The van der Waals surface area contributed by atoms with E-state index in [0.29, 0.717) is 6.42 Å². The fourth-order valence-electron chi connectivity index (χ4n) is 2.18. The van der Waals surface area contributed by atoms with Crippen LogP contribution in [-0.2, 0) is 9.53 Å². The number of rotatable bonds is 4. The molecule has 4 nitrogen and oxygen atoms in total. The Balaban J connectivity index is 2.69. The van der Waals surface area contributed by atoms with Gasteiger partial charge in [0, 0.05) is 12.5 Å². The summed E-state index contributed by atoms with van der Waals surface area (Å²) in [5, 5.41) is 0. The molecule has 0 atom stereocenters. The molecule has 18 heavy (non-hydrogen) atoms. The molecule has 0 aromatic carbocycles. The van der Waals surface area contributed by atoms with E-state index >= 15 is 0 Å². The minimum Gasteiger partial charge on any atom is -0.444 e. The van der Waals surface area contributed by atoms with Crippen LogP contribution in [0.25, 0.3) is 0 Å². The van der Waals surface area contributed by atoms with E-state index in [1.807, 2.05) is 27.7 Å². The first kappa shape index (κ1) is 15.0. The molecule has 0 heterocycles. The van der Waals surface area contributed by atoms with Crippen molar-refractivity contribution in [2.24, 2.45) is 0 Å². The van der Waals surface area contributed by atoms with Crippen LogP contribution in [0.5, 0.6) is 0 Å². The zero-order chi connectivity index (χ0) is 13.8. The summed E-state index contributed by atoms with van der Waals surface area (Å²) in [5.41, 5.74) is -0.511. The number of hydrogen-bond acceptors (Lipinski definition) is 3. The van der Waals surface area contributed by atoms with Crippen LogP contribution in [-0.4, -0.2) is 35.0 Å². The second-order valence-corrected chi connectivity index (χ2v) is 5.94. The van der Waals surface area contributed by atoms with E-state index in [9.17, 15) is 9.59 Å². The topological polar surface area (TPSA) is 46.6 Å². The summed E-state index contributed by atoms with van der Waals surface area (Å²) >= 11 is 0. The highest BCUT2D eigenvalue weighted by Crippen LogP contribution is 2.25. The van der Waals surface area contributed by atoms with Gasteiger partial charge in [0.25, 0.3) is 0 Å². The van der Waals surface area contributed by atoms with Gasteiger partial charge in [0.1, 0.15) is 5.60 Å². The lowest BCUT2D eigenvalue weighted by Crippen LogP contribution is -2.44. The molecule has 0 unspecified atom stereocenters. The predicted molar refractivity (Wildman–Crippen MR) is 70.5 cm³/mol. The highest BCUT2D eigenvalue weighted by Gasteiger charge is 2.31. The average molecular weight is 255 g/mol. The van der Waals surface area contributed by atoms with Crippen LogP contribution in [0.4, 0.5) is 4.79 Å². The maximum absolute atomic E-state index is 12.1. The van der Waals surface area contributed by atoms with Crippen LogP contribution < -0.4 is 0 Å². The van der Waals surface area contributed by atoms with Crippen molar-refractivity contribution in [3.8, 4) is 0 Å². The van der Waals surface area contributed by atoms with Crippen molar-refractivity contribution in [3.05, 3.63) is 0 Å². The molecule has 1 amide bonds. The first-order valence-corrected chi connectivity index (χ1v) is 6.85. The molecule has 0 radical (unpaired) electrons. The Morgan fingerprint density at radius 2 is 1.78 bits per heavy atom. The van der Waals surface area contributed by atoms with Gasteiger partial charge < -0.3 is 4.74 Å². The van der Waals surface area contributed by atoms with Crippen LogP contribution in [0, 0.1) is 0 Å². The molecule has 0 bridgehead atoms. The van der Waals surface area contributed by atoms with Gasteiger partial charge in [0.15, 0.2) is 5.78 Å². The zero-order valence-corrected chi connectivity index (χ0v) is 12.0. The normalized spacial score (nSPS) is 16.7. The van der Waals surface area contributed by atoms with Crippen molar-refractivity contribution >= 4 is 11.9 Å². The van der Waals surface area contributed by atoms with Crippen LogP contribution in [0.2, 0.25) is 0 Å². The minimum absolute atomic E-state index is 0.0905. The number of Topliss-reactive ketones (excluding diaryl/α,β-unsaturated/α-hetero) is 1. The van der Waals surface area contributed by atoms with E-state index in [1.54, 1.807) is 4.90 Å². The quantitative estimate of drug-likeness (QED) is 0.775. The molecular weight excluding hydrogens is 230 g/mol. The lowest BCUT2D eigenvalue weighted by Gasteiger charge is -2.31. The van der Waals surface area contributed by atoms with E-state index in [2.05, 4.69) is 0 Å². The fraction of sp³-hybridized carbons (Fsp3) is 0.857. The second-order valence-electron chi connectivity index (χ2n) is 5.94. The van der Waals surface area contributed by atoms with Gasteiger partial charge in [-0.05, 0) is 33.6 Å². The molecule has 0 aliphatic heterocycles. The summed E-state index contributed by atoms with van der Waals surface area (Å²) in [6.07, 6.45) is 4.34. The molecule has 104 valence electrons. The molecule has 1 rings (SSSR count). The lowest BCUT2D eigenvalue weighted by molar-refractivity contribution is -0.120. The van der Waals surface area contributed by atoms with E-state index < -0.39 is 5.60 Å². The summed E-state index contributed by atoms with van der Waals surface area (Å²) in [6, 6.07) is 0.176. The minimum atomic E-state index is -0.511. The van der Waals surface area contributed by atoms with Crippen LogP contribution in [0.15, 0.2) is 0 Å². The molecule has 1 fully saturated rings. The van der Waals surface area contributed by atoms with Crippen molar-refractivity contribution in [2.75, 3.05) is 6.54 Å². The maximum Gasteiger partial charge on any atom is 0.410 e. The number of nitrogens with zero attached hydrogens (tertiary/aromatic N) is 1. The van der Waals surface area contributed by atoms with Crippen LogP contribution in [0.1, 0.15) is 59.8 Å². The van der Waals surface area contributed by atoms with Gasteiger partial charge in [0.2, 0.25) is 0 Å². The molecular formula is C14H25NO3. The van der Waals surface area contributed by atoms with Crippen molar-refractivity contribution < 1.29 is 14.3 Å². The Labute approximate surface area is 110 Å². The van der Waals surface area contributed by atoms with Crippen molar-refractivity contribution in [2.45, 2.75) is 71.4 Å².